The molecule has 0 aromatic carbocycles. The maximum Gasteiger partial charge on any atom is 0.335 e. The lowest BCUT2D eigenvalue weighted by molar-refractivity contribution is -0.301. The highest BCUT2D eigenvalue weighted by molar-refractivity contribution is 5.74. The molecule has 12 heteroatoms. The monoisotopic (exact) mass is 1200 g/mol. The van der Waals surface area contributed by atoms with E-state index in [1.54, 1.807) is 0 Å². The second kappa shape index (κ2) is 60.7. The highest BCUT2D eigenvalue weighted by atomic mass is 16.7. The molecule has 0 aromatic rings. The van der Waals surface area contributed by atoms with Gasteiger partial charge in [-0.3, -0.25) is 14.4 Å². The molecule has 1 rings (SSSR count). The van der Waals surface area contributed by atoms with Crippen molar-refractivity contribution in [2.24, 2.45) is 0 Å². The Bertz CT molecular complexity index is 1710. The molecule has 1 fully saturated rings. The van der Waals surface area contributed by atoms with E-state index in [0.717, 1.165) is 116 Å². The number of hydrogen-bond donors (Lipinski definition) is 3. The van der Waals surface area contributed by atoms with Crippen LogP contribution in [0.25, 0.3) is 0 Å². The molecule has 0 radical (unpaired) electrons. The molecule has 0 spiro atoms. The van der Waals surface area contributed by atoms with Gasteiger partial charge in [-0.25, -0.2) is 4.79 Å². The highest BCUT2D eigenvalue weighted by Gasteiger charge is 2.50. The maximum absolute atomic E-state index is 13.2. The molecule has 0 bridgehead atoms. The molecule has 492 valence electrons. The quantitative estimate of drug-likeness (QED) is 0.0228. The van der Waals surface area contributed by atoms with Gasteiger partial charge in [0, 0.05) is 19.3 Å². The average molecular weight is 1200 g/mol. The second-order valence-electron chi connectivity index (χ2n) is 24.2. The van der Waals surface area contributed by atoms with Crippen molar-refractivity contribution in [1.82, 2.24) is 0 Å². The number of aliphatic hydroxyl groups excluding tert-OH is 2. The molecule has 85 heavy (non-hydrogen) atoms. The van der Waals surface area contributed by atoms with E-state index in [9.17, 15) is 34.5 Å². The largest absolute Gasteiger partial charge is 0.479 e. The smallest absolute Gasteiger partial charge is 0.335 e. The Morgan fingerprint density at radius 1 is 0.388 bits per heavy atom. The Hall–Kier alpha value is -3.58. The van der Waals surface area contributed by atoms with Crippen molar-refractivity contribution in [3.8, 4) is 0 Å². The number of unbranched alkanes of at least 4 members (excludes halogenated alkanes) is 37. The summed E-state index contributed by atoms with van der Waals surface area (Å²) in [5.74, 6) is -3.11. The Morgan fingerprint density at radius 3 is 1.09 bits per heavy atom. The predicted molar refractivity (Wildman–Crippen MR) is 349 cm³/mol. The van der Waals surface area contributed by atoms with Gasteiger partial charge in [0.2, 0.25) is 0 Å². The van der Waals surface area contributed by atoms with Gasteiger partial charge in [-0.05, 0) is 89.9 Å². The van der Waals surface area contributed by atoms with E-state index in [1.807, 2.05) is 0 Å². The molecule has 3 N–H and O–H groups in total. The molecule has 1 aliphatic rings. The van der Waals surface area contributed by atoms with Crippen LogP contribution in [0.5, 0.6) is 0 Å². The molecule has 0 saturated carbocycles. The van der Waals surface area contributed by atoms with E-state index in [2.05, 4.69) is 81.5 Å². The fraction of sp³-hybridized carbons (Fsp3) is 0.808. The number of aliphatic carboxylic acids is 1. The van der Waals surface area contributed by atoms with Gasteiger partial charge in [0.1, 0.15) is 18.8 Å². The summed E-state index contributed by atoms with van der Waals surface area (Å²) in [5, 5.41) is 31.7. The van der Waals surface area contributed by atoms with Crippen LogP contribution < -0.4 is 0 Å². The van der Waals surface area contributed by atoms with Crippen LogP contribution in [0.1, 0.15) is 329 Å². The van der Waals surface area contributed by atoms with Crippen LogP contribution >= 0.6 is 0 Å². The van der Waals surface area contributed by atoms with E-state index in [1.165, 1.54) is 154 Å². The minimum Gasteiger partial charge on any atom is -0.479 e. The van der Waals surface area contributed by atoms with E-state index >= 15 is 0 Å². The van der Waals surface area contributed by atoms with Crippen molar-refractivity contribution in [1.29, 1.82) is 0 Å². The number of carbonyl (C=O) groups excluding carboxylic acids is 3. The molecular formula is C73H128O12. The molecule has 1 heterocycles. The van der Waals surface area contributed by atoms with Crippen molar-refractivity contribution in [3.63, 3.8) is 0 Å². The highest BCUT2D eigenvalue weighted by Crippen LogP contribution is 2.27. The third kappa shape index (κ3) is 50.0. The van der Waals surface area contributed by atoms with Crippen LogP contribution in [0.15, 0.2) is 60.8 Å². The third-order valence-electron chi connectivity index (χ3n) is 16.1. The Balaban J connectivity index is 2.64. The van der Waals surface area contributed by atoms with Gasteiger partial charge in [-0.15, -0.1) is 0 Å². The molecule has 1 saturated heterocycles. The van der Waals surface area contributed by atoms with Crippen molar-refractivity contribution in [2.75, 3.05) is 13.2 Å². The SMILES string of the molecule is CCCCC/C=C\C/C=C\C/C=C\CCCCCCCCC(=O)OCC(COC1OC(C(=O)O)C(O)C(O)C1OC(=O)CCCCCCCCCCCCCCCCCCC)OC(=O)CCCCCCCCCCC/C=C\C/C=C\CCCCC. The molecule has 12 nitrogen and oxygen atoms in total. The number of hydrogen-bond acceptors (Lipinski definition) is 11. The van der Waals surface area contributed by atoms with Crippen LogP contribution in [-0.2, 0) is 42.9 Å². The van der Waals surface area contributed by atoms with Gasteiger partial charge in [0.25, 0.3) is 0 Å². The number of esters is 3. The fourth-order valence-electron chi connectivity index (χ4n) is 10.6. The number of ether oxygens (including phenoxy) is 5. The van der Waals surface area contributed by atoms with Crippen molar-refractivity contribution >= 4 is 23.9 Å². The van der Waals surface area contributed by atoms with Crippen LogP contribution in [0.4, 0.5) is 0 Å². The number of carbonyl (C=O) groups is 4. The minimum atomic E-state index is -1.91. The maximum atomic E-state index is 13.2. The van der Waals surface area contributed by atoms with Crippen LogP contribution in [-0.4, -0.2) is 89.2 Å². The Kier molecular flexibility index (Phi) is 56.7. The zero-order valence-corrected chi connectivity index (χ0v) is 54.6. The molecule has 1 aliphatic heterocycles. The lowest BCUT2D eigenvalue weighted by Crippen LogP contribution is -2.61. The van der Waals surface area contributed by atoms with Crippen molar-refractivity contribution < 1.29 is 58.2 Å². The van der Waals surface area contributed by atoms with Gasteiger partial charge < -0.3 is 39.0 Å². The predicted octanol–water partition coefficient (Wildman–Crippen LogP) is 19.5. The number of carboxylic acid groups (broad SMARTS) is 1. The summed E-state index contributed by atoms with van der Waals surface area (Å²) in [7, 11) is 0. The second-order valence-corrected chi connectivity index (χ2v) is 24.2. The van der Waals surface area contributed by atoms with Gasteiger partial charge in [0.15, 0.2) is 24.6 Å². The molecule has 0 aliphatic carbocycles. The summed E-state index contributed by atoms with van der Waals surface area (Å²) in [4.78, 5) is 51.5. The normalized spacial score (nSPS) is 17.8. The molecule has 6 unspecified atom stereocenters. The van der Waals surface area contributed by atoms with Gasteiger partial charge in [0.05, 0.1) is 6.61 Å². The first-order chi connectivity index (χ1) is 41.6. The third-order valence-corrected chi connectivity index (χ3v) is 16.1. The average Bonchev–Trinajstić information content (AvgIpc) is 3.46. The number of aliphatic hydroxyl groups is 2. The van der Waals surface area contributed by atoms with Crippen molar-refractivity contribution in [2.45, 2.75) is 366 Å². The lowest BCUT2D eigenvalue weighted by Gasteiger charge is -2.40. The molecule has 6 atom stereocenters. The van der Waals surface area contributed by atoms with Crippen LogP contribution in [0.2, 0.25) is 0 Å². The summed E-state index contributed by atoms with van der Waals surface area (Å²) in [6.07, 6.45) is 64.5. The van der Waals surface area contributed by atoms with Gasteiger partial charge >= 0.3 is 23.9 Å². The summed E-state index contributed by atoms with van der Waals surface area (Å²) in [6.45, 7) is 5.99. The number of allylic oxidation sites excluding steroid dienone is 10. The molecule has 0 aromatic heterocycles. The first kappa shape index (κ1) is 79.4. The van der Waals surface area contributed by atoms with Crippen molar-refractivity contribution in [3.05, 3.63) is 60.8 Å². The zero-order chi connectivity index (χ0) is 61.7. The Labute approximate surface area is 519 Å². The first-order valence-corrected chi connectivity index (χ1v) is 35.3. The van der Waals surface area contributed by atoms with Crippen LogP contribution in [0.3, 0.4) is 0 Å². The van der Waals surface area contributed by atoms with Crippen LogP contribution in [0, 0.1) is 0 Å². The minimum absolute atomic E-state index is 0.0625. The summed E-state index contributed by atoms with van der Waals surface area (Å²) in [5.41, 5.74) is 0. The lowest BCUT2D eigenvalue weighted by atomic mass is 9.98. The summed E-state index contributed by atoms with van der Waals surface area (Å²) >= 11 is 0. The first-order valence-electron chi connectivity index (χ1n) is 35.3. The number of carboxylic acids is 1. The number of rotatable bonds is 61. The summed E-state index contributed by atoms with van der Waals surface area (Å²) in [6, 6.07) is 0. The van der Waals surface area contributed by atoms with E-state index in [-0.39, 0.29) is 25.9 Å². The fourth-order valence-corrected chi connectivity index (χ4v) is 10.6. The van der Waals surface area contributed by atoms with E-state index < -0.39 is 67.3 Å². The van der Waals surface area contributed by atoms with Gasteiger partial charge in [-0.2, -0.15) is 0 Å². The molecule has 0 amide bonds. The van der Waals surface area contributed by atoms with E-state index in [0.29, 0.717) is 19.3 Å². The molecular weight excluding hydrogens is 1070 g/mol. The zero-order valence-electron chi connectivity index (χ0n) is 54.6. The van der Waals surface area contributed by atoms with E-state index in [4.69, 9.17) is 23.7 Å². The topological polar surface area (TPSA) is 175 Å². The Morgan fingerprint density at radius 2 is 0.706 bits per heavy atom. The standard InChI is InChI=1S/C73H128O12/c1-4-7-10-13-16-19-22-25-28-31-33-36-38-41-44-47-50-53-56-59-65(74)81-62-64(83-66(75)60-57-54-51-48-45-42-40-37-34-32-29-26-23-20-17-14-11-8-5-2)63-82-73-71(69(78)68(77)70(85-73)72(79)80)84-67(76)61-58-55-52-49-46-43-39-35-30-27-24-21-18-15-12-9-6-3/h16-17,19-20,25-26,28-29,33,36,64,68-71,73,77-78H,4-15,18,21-24,27,30-32,34-35,37-63H2,1-3H3,(H,79,80)/b19-16-,20-17-,28-25-,29-26-,36-33-. The summed E-state index contributed by atoms with van der Waals surface area (Å²) < 4.78 is 28.6. The van der Waals surface area contributed by atoms with Gasteiger partial charge in [-0.1, -0.05) is 281 Å².